The Morgan fingerprint density at radius 3 is 2.81 bits per heavy atom. The molecule has 1 aliphatic rings. The summed E-state index contributed by atoms with van der Waals surface area (Å²) in [5.41, 5.74) is 10.3. The Bertz CT molecular complexity index is 1070. The van der Waals surface area contributed by atoms with Gasteiger partial charge in [-0.2, -0.15) is 0 Å². The highest BCUT2D eigenvalue weighted by Crippen LogP contribution is 2.36. The van der Waals surface area contributed by atoms with Crippen molar-refractivity contribution >= 4 is 22.4 Å². The van der Waals surface area contributed by atoms with E-state index >= 15 is 0 Å². The number of benzene rings is 2. The van der Waals surface area contributed by atoms with Gasteiger partial charge < -0.3 is 15.8 Å². The lowest BCUT2D eigenvalue weighted by atomic mass is 9.87. The van der Waals surface area contributed by atoms with Gasteiger partial charge in [0.05, 0.1) is 11.7 Å². The number of anilines is 1. The molecule has 1 aliphatic carbocycles. The number of hydrogen-bond donors (Lipinski definition) is 2. The summed E-state index contributed by atoms with van der Waals surface area (Å²) < 4.78 is 6.25. The average Bonchev–Trinajstić information content (AvgIpc) is 3.18. The van der Waals surface area contributed by atoms with Crippen LogP contribution in [0.5, 0.6) is 11.5 Å². The minimum absolute atomic E-state index is 0.308. The molecule has 0 amide bonds. The van der Waals surface area contributed by atoms with E-state index in [0.717, 1.165) is 52.2 Å². The van der Waals surface area contributed by atoms with Crippen molar-refractivity contribution < 1.29 is 4.74 Å². The van der Waals surface area contributed by atoms with E-state index in [1.54, 1.807) is 0 Å². The predicted octanol–water partition coefficient (Wildman–Crippen LogP) is 6.52. The largest absolute Gasteiger partial charge is 0.456 e. The monoisotopic (exact) mass is 434 g/mol. The minimum atomic E-state index is 0.308. The van der Waals surface area contributed by atoms with E-state index < -0.39 is 0 Å². The van der Waals surface area contributed by atoms with Gasteiger partial charge in [-0.15, -0.1) is 11.3 Å². The fourth-order valence-electron chi connectivity index (χ4n) is 4.11. The van der Waals surface area contributed by atoms with Crippen molar-refractivity contribution in [3.8, 4) is 22.8 Å². The van der Waals surface area contributed by atoms with Crippen LogP contribution in [0.1, 0.15) is 43.7 Å². The van der Waals surface area contributed by atoms with Crippen LogP contribution in [-0.2, 0) is 0 Å². The molecule has 3 N–H and O–H groups in total. The Labute approximate surface area is 188 Å². The van der Waals surface area contributed by atoms with E-state index in [9.17, 15) is 0 Å². The van der Waals surface area contributed by atoms with Gasteiger partial charge in [0, 0.05) is 10.9 Å². The van der Waals surface area contributed by atoms with Gasteiger partial charge in [0.2, 0.25) is 0 Å². The summed E-state index contributed by atoms with van der Waals surface area (Å²) in [4.78, 5) is 9.41. The molecule has 2 unspecified atom stereocenters. The molecule has 1 heterocycles. The van der Waals surface area contributed by atoms with Crippen LogP contribution in [0, 0.1) is 19.8 Å². The molecule has 5 nitrogen and oxygen atoms in total. The molecule has 31 heavy (non-hydrogen) atoms. The molecule has 0 bridgehead atoms. The summed E-state index contributed by atoms with van der Waals surface area (Å²) in [6.07, 6.45) is 4.73. The maximum atomic E-state index is 6.25. The van der Waals surface area contributed by atoms with Gasteiger partial charge in [-0.3, -0.25) is 0 Å². The molecule has 4 rings (SSSR count). The smallest absolute Gasteiger partial charge is 0.195 e. The first-order valence-corrected chi connectivity index (χ1v) is 11.8. The molecular formula is C25H30N4OS. The molecule has 0 saturated heterocycles. The predicted molar refractivity (Wildman–Crippen MR) is 130 cm³/mol. The number of hydrogen-bond acceptors (Lipinski definition) is 4. The van der Waals surface area contributed by atoms with Gasteiger partial charge >= 0.3 is 0 Å². The zero-order valence-electron chi connectivity index (χ0n) is 18.4. The molecule has 0 radical (unpaired) electrons. The first kappa shape index (κ1) is 21.4. The van der Waals surface area contributed by atoms with E-state index in [-0.39, 0.29) is 0 Å². The van der Waals surface area contributed by atoms with Crippen molar-refractivity contribution in [1.29, 1.82) is 0 Å². The highest BCUT2D eigenvalue weighted by Gasteiger charge is 2.18. The highest BCUT2D eigenvalue weighted by molar-refractivity contribution is 7.14. The molecule has 1 saturated carbocycles. The molecule has 1 aromatic heterocycles. The Kier molecular flexibility index (Phi) is 6.56. The number of guanidine groups is 1. The Hall–Kier alpha value is -2.86. The molecule has 0 aliphatic heterocycles. The minimum Gasteiger partial charge on any atom is -0.456 e. The fraction of sp³-hybridized carbons (Fsp3) is 0.360. The summed E-state index contributed by atoms with van der Waals surface area (Å²) in [6, 6.07) is 14.5. The maximum Gasteiger partial charge on any atom is 0.195 e. The highest BCUT2D eigenvalue weighted by atomic mass is 32.1. The molecule has 2 aromatic carbocycles. The van der Waals surface area contributed by atoms with Gasteiger partial charge in [0.15, 0.2) is 11.1 Å². The van der Waals surface area contributed by atoms with E-state index in [4.69, 9.17) is 15.5 Å². The number of aromatic nitrogens is 1. The third-order valence-electron chi connectivity index (χ3n) is 5.68. The molecule has 1 fully saturated rings. The van der Waals surface area contributed by atoms with Crippen molar-refractivity contribution in [1.82, 2.24) is 4.98 Å². The molecule has 2 atom stereocenters. The van der Waals surface area contributed by atoms with Crippen molar-refractivity contribution in [2.75, 3.05) is 5.32 Å². The molecule has 162 valence electrons. The number of para-hydroxylation sites is 1. The number of rotatable bonds is 5. The van der Waals surface area contributed by atoms with E-state index in [0.29, 0.717) is 12.0 Å². The van der Waals surface area contributed by atoms with E-state index in [1.807, 2.05) is 35.7 Å². The number of ether oxygens (including phenoxy) is 1. The summed E-state index contributed by atoms with van der Waals surface area (Å²) in [7, 11) is 0. The maximum absolute atomic E-state index is 6.25. The Morgan fingerprint density at radius 2 is 2.00 bits per heavy atom. The zero-order valence-corrected chi connectivity index (χ0v) is 19.2. The lowest BCUT2D eigenvalue weighted by Gasteiger charge is -2.23. The molecule has 6 heteroatoms. The third kappa shape index (κ3) is 5.44. The topological polar surface area (TPSA) is 72.5 Å². The molecule has 0 spiro atoms. The first-order valence-electron chi connectivity index (χ1n) is 10.9. The molecular weight excluding hydrogens is 404 g/mol. The van der Waals surface area contributed by atoms with Crippen LogP contribution >= 0.6 is 11.3 Å². The Balaban J connectivity index is 1.50. The lowest BCUT2D eigenvalue weighted by molar-refractivity contribution is 0.345. The summed E-state index contributed by atoms with van der Waals surface area (Å²) in [6.45, 7) is 6.43. The number of thiazole rings is 1. The van der Waals surface area contributed by atoms with Gasteiger partial charge in [-0.25, -0.2) is 9.98 Å². The second-order valence-corrected chi connectivity index (χ2v) is 9.33. The normalized spacial score (nSPS) is 19.3. The lowest BCUT2D eigenvalue weighted by Crippen LogP contribution is -2.27. The number of aliphatic imine (C=N–C) groups is 1. The SMILES string of the molecule is Cc1ccc(Oc2ccccc2-c2csc(NC(N)=NC3CCCC(C)C3)n2)c(C)c1. The van der Waals surface area contributed by atoms with Crippen molar-refractivity contribution in [2.24, 2.45) is 16.6 Å². The van der Waals surface area contributed by atoms with E-state index in [2.05, 4.69) is 43.2 Å². The van der Waals surface area contributed by atoms with Crippen molar-refractivity contribution in [2.45, 2.75) is 52.5 Å². The first-order chi connectivity index (χ1) is 15.0. The van der Waals surface area contributed by atoms with Gasteiger partial charge in [0.1, 0.15) is 11.5 Å². The zero-order chi connectivity index (χ0) is 21.8. The van der Waals surface area contributed by atoms with Gasteiger partial charge in [0.25, 0.3) is 0 Å². The van der Waals surface area contributed by atoms with Crippen LogP contribution in [0.15, 0.2) is 52.8 Å². The Morgan fingerprint density at radius 1 is 1.16 bits per heavy atom. The molecule has 3 aromatic rings. The second-order valence-electron chi connectivity index (χ2n) is 8.47. The second kappa shape index (κ2) is 9.52. The third-order valence-corrected chi connectivity index (χ3v) is 6.44. The fourth-order valence-corrected chi connectivity index (χ4v) is 4.83. The van der Waals surface area contributed by atoms with E-state index in [1.165, 1.54) is 29.7 Å². The van der Waals surface area contributed by atoms with Crippen LogP contribution < -0.4 is 15.8 Å². The quantitative estimate of drug-likeness (QED) is 0.354. The van der Waals surface area contributed by atoms with Crippen LogP contribution in [0.3, 0.4) is 0 Å². The standard InChI is InChI=1S/C25H30N4OS/c1-16-7-6-8-19(14-16)27-24(26)29-25-28-21(15-31-25)20-9-4-5-10-23(20)30-22-12-11-17(2)13-18(22)3/h4-5,9-13,15-16,19H,6-8,14H2,1-3H3,(H3,26,27,28,29). The number of nitrogens with two attached hydrogens (primary N) is 1. The average molecular weight is 435 g/mol. The van der Waals surface area contributed by atoms with Crippen LogP contribution in [0.2, 0.25) is 0 Å². The number of aryl methyl sites for hydroxylation is 2. The van der Waals surface area contributed by atoms with Gasteiger partial charge in [-0.05, 0) is 56.4 Å². The summed E-state index contributed by atoms with van der Waals surface area (Å²) in [5.74, 6) is 2.80. The summed E-state index contributed by atoms with van der Waals surface area (Å²) in [5, 5.41) is 5.93. The summed E-state index contributed by atoms with van der Waals surface area (Å²) >= 11 is 1.52. The number of nitrogens with one attached hydrogen (secondary N) is 1. The number of nitrogens with zero attached hydrogens (tertiary/aromatic N) is 2. The van der Waals surface area contributed by atoms with Gasteiger partial charge in [-0.1, -0.05) is 49.6 Å². The van der Waals surface area contributed by atoms with Crippen molar-refractivity contribution in [3.05, 3.63) is 59.0 Å². The van der Waals surface area contributed by atoms with Crippen LogP contribution in [0.4, 0.5) is 5.13 Å². The van der Waals surface area contributed by atoms with Crippen LogP contribution in [-0.4, -0.2) is 17.0 Å². The van der Waals surface area contributed by atoms with Crippen LogP contribution in [0.25, 0.3) is 11.3 Å². The van der Waals surface area contributed by atoms with Crippen molar-refractivity contribution in [3.63, 3.8) is 0 Å².